The first kappa shape index (κ1) is 15.2. The van der Waals surface area contributed by atoms with Crippen molar-refractivity contribution in [2.24, 2.45) is 0 Å². The molecule has 0 saturated heterocycles. The second kappa shape index (κ2) is 5.93. The van der Waals surface area contributed by atoms with E-state index in [0.717, 1.165) is 5.69 Å². The van der Waals surface area contributed by atoms with Crippen LogP contribution in [0.5, 0.6) is 0 Å². The summed E-state index contributed by atoms with van der Waals surface area (Å²) >= 11 is 0. The summed E-state index contributed by atoms with van der Waals surface area (Å²) in [5.41, 5.74) is 5.29. The standard InChI is InChI=1S/C20H22N2O2/c1-22(16-9-7-15(8-10-16)20(23)24-2)17-11-18(13-3-4-13)21-19(12-17)14-5-6-14/h7-14H,3-6H2,1-2H3. The molecule has 2 aliphatic rings. The molecular formula is C20H22N2O2. The first-order valence-electron chi connectivity index (χ1n) is 8.59. The van der Waals surface area contributed by atoms with Crippen LogP contribution in [-0.4, -0.2) is 25.1 Å². The van der Waals surface area contributed by atoms with E-state index in [-0.39, 0.29) is 5.97 Å². The number of rotatable bonds is 5. The molecule has 1 heterocycles. The zero-order valence-corrected chi connectivity index (χ0v) is 14.2. The molecule has 0 bridgehead atoms. The number of esters is 1. The lowest BCUT2D eigenvalue weighted by Crippen LogP contribution is -2.11. The molecule has 4 heteroatoms. The lowest BCUT2D eigenvalue weighted by Gasteiger charge is -2.21. The predicted octanol–water partition coefficient (Wildman–Crippen LogP) is 4.39. The van der Waals surface area contributed by atoms with Gasteiger partial charge >= 0.3 is 5.97 Å². The normalized spacial score (nSPS) is 16.8. The maximum absolute atomic E-state index is 11.6. The number of ether oxygens (including phenoxy) is 1. The largest absolute Gasteiger partial charge is 0.465 e. The van der Waals surface area contributed by atoms with Crippen molar-refractivity contribution >= 4 is 17.3 Å². The molecule has 0 unspecified atom stereocenters. The van der Waals surface area contributed by atoms with Crippen LogP contribution in [0.25, 0.3) is 0 Å². The first-order chi connectivity index (χ1) is 11.7. The van der Waals surface area contributed by atoms with Gasteiger partial charge in [0.2, 0.25) is 0 Å². The van der Waals surface area contributed by atoms with E-state index < -0.39 is 0 Å². The van der Waals surface area contributed by atoms with Gasteiger partial charge in [-0.15, -0.1) is 0 Å². The smallest absolute Gasteiger partial charge is 0.337 e. The molecular weight excluding hydrogens is 300 g/mol. The van der Waals surface area contributed by atoms with Crippen molar-refractivity contribution in [1.29, 1.82) is 0 Å². The van der Waals surface area contributed by atoms with Gasteiger partial charge in [-0.3, -0.25) is 4.98 Å². The molecule has 2 saturated carbocycles. The van der Waals surface area contributed by atoms with Crippen LogP contribution in [0.2, 0.25) is 0 Å². The molecule has 1 aromatic carbocycles. The van der Waals surface area contributed by atoms with Crippen molar-refractivity contribution in [3.63, 3.8) is 0 Å². The fraction of sp³-hybridized carbons (Fsp3) is 0.400. The molecule has 0 amide bonds. The summed E-state index contributed by atoms with van der Waals surface area (Å²) in [6.45, 7) is 0. The number of methoxy groups -OCH3 is 1. The third-order valence-electron chi connectivity index (χ3n) is 4.90. The highest BCUT2D eigenvalue weighted by Crippen LogP contribution is 2.45. The van der Waals surface area contributed by atoms with Crippen molar-refractivity contribution in [3.05, 3.63) is 53.3 Å². The predicted molar refractivity (Wildman–Crippen MR) is 94.0 cm³/mol. The SMILES string of the molecule is COC(=O)c1ccc(N(C)c2cc(C3CC3)nc(C3CC3)c2)cc1. The highest BCUT2D eigenvalue weighted by Gasteiger charge is 2.30. The summed E-state index contributed by atoms with van der Waals surface area (Å²) in [5, 5.41) is 0. The molecule has 4 rings (SSSR count). The van der Waals surface area contributed by atoms with Gasteiger partial charge in [-0.2, -0.15) is 0 Å². The fourth-order valence-corrected chi connectivity index (χ4v) is 3.02. The van der Waals surface area contributed by atoms with Gasteiger partial charge in [0.25, 0.3) is 0 Å². The topological polar surface area (TPSA) is 42.4 Å². The van der Waals surface area contributed by atoms with Crippen LogP contribution in [0.3, 0.4) is 0 Å². The van der Waals surface area contributed by atoms with Crippen LogP contribution >= 0.6 is 0 Å². The molecule has 0 aliphatic heterocycles. The zero-order chi connectivity index (χ0) is 16.7. The third-order valence-corrected chi connectivity index (χ3v) is 4.90. The van der Waals surface area contributed by atoms with Gasteiger partial charge in [0, 0.05) is 41.6 Å². The van der Waals surface area contributed by atoms with Crippen molar-refractivity contribution in [3.8, 4) is 0 Å². The van der Waals surface area contributed by atoms with Gasteiger partial charge in [0.05, 0.1) is 12.7 Å². The molecule has 0 N–H and O–H groups in total. The van der Waals surface area contributed by atoms with Crippen LogP contribution in [0.1, 0.15) is 59.3 Å². The van der Waals surface area contributed by atoms with Crippen LogP contribution in [0.4, 0.5) is 11.4 Å². The number of hydrogen-bond acceptors (Lipinski definition) is 4. The van der Waals surface area contributed by atoms with Crippen molar-refractivity contribution < 1.29 is 9.53 Å². The Labute approximate surface area is 142 Å². The Morgan fingerprint density at radius 1 is 1.00 bits per heavy atom. The average molecular weight is 322 g/mol. The van der Waals surface area contributed by atoms with E-state index in [2.05, 4.69) is 24.1 Å². The molecule has 0 spiro atoms. The quantitative estimate of drug-likeness (QED) is 0.766. The molecule has 2 fully saturated rings. The van der Waals surface area contributed by atoms with Crippen LogP contribution in [0.15, 0.2) is 36.4 Å². The Kier molecular flexibility index (Phi) is 3.75. The van der Waals surface area contributed by atoms with Crippen LogP contribution < -0.4 is 4.90 Å². The Morgan fingerprint density at radius 3 is 2.00 bits per heavy atom. The fourth-order valence-electron chi connectivity index (χ4n) is 3.02. The average Bonchev–Trinajstić information content (AvgIpc) is 3.52. The van der Waals surface area contributed by atoms with E-state index in [4.69, 9.17) is 9.72 Å². The number of hydrogen-bond donors (Lipinski definition) is 0. The summed E-state index contributed by atoms with van der Waals surface area (Å²) in [6.07, 6.45) is 5.05. The molecule has 0 atom stereocenters. The summed E-state index contributed by atoms with van der Waals surface area (Å²) in [4.78, 5) is 18.6. The molecule has 124 valence electrons. The van der Waals surface area contributed by atoms with Gasteiger partial charge in [-0.25, -0.2) is 4.79 Å². The van der Waals surface area contributed by atoms with Gasteiger partial charge in [-0.05, 0) is 62.1 Å². The van der Waals surface area contributed by atoms with Crippen molar-refractivity contribution in [1.82, 2.24) is 4.98 Å². The first-order valence-corrected chi connectivity index (χ1v) is 8.59. The summed E-state index contributed by atoms with van der Waals surface area (Å²) < 4.78 is 4.76. The molecule has 2 aliphatic carbocycles. The Morgan fingerprint density at radius 2 is 1.54 bits per heavy atom. The second-order valence-corrected chi connectivity index (χ2v) is 6.82. The van der Waals surface area contributed by atoms with E-state index in [1.165, 1.54) is 49.9 Å². The van der Waals surface area contributed by atoms with Gasteiger partial charge in [0.15, 0.2) is 0 Å². The Bertz CT molecular complexity index is 731. The van der Waals surface area contributed by atoms with Crippen LogP contribution in [0, 0.1) is 0 Å². The molecule has 24 heavy (non-hydrogen) atoms. The molecule has 4 nitrogen and oxygen atoms in total. The second-order valence-electron chi connectivity index (χ2n) is 6.82. The molecule has 1 aromatic heterocycles. The maximum Gasteiger partial charge on any atom is 0.337 e. The number of carbonyl (C=O) groups excluding carboxylic acids is 1. The zero-order valence-electron chi connectivity index (χ0n) is 14.2. The molecule has 2 aromatic rings. The van der Waals surface area contributed by atoms with E-state index in [1.807, 2.05) is 24.3 Å². The van der Waals surface area contributed by atoms with E-state index >= 15 is 0 Å². The number of benzene rings is 1. The van der Waals surface area contributed by atoms with Gasteiger partial charge in [-0.1, -0.05) is 0 Å². The Balaban J connectivity index is 1.63. The Hall–Kier alpha value is -2.36. The third kappa shape index (κ3) is 3.01. The van der Waals surface area contributed by atoms with Crippen molar-refractivity contribution in [2.75, 3.05) is 19.1 Å². The number of pyridine rings is 1. The minimum Gasteiger partial charge on any atom is -0.465 e. The van der Waals surface area contributed by atoms with E-state index in [0.29, 0.717) is 17.4 Å². The highest BCUT2D eigenvalue weighted by molar-refractivity contribution is 5.89. The van der Waals surface area contributed by atoms with Gasteiger partial charge < -0.3 is 9.64 Å². The summed E-state index contributed by atoms with van der Waals surface area (Å²) in [7, 11) is 3.47. The monoisotopic (exact) mass is 322 g/mol. The molecule has 0 radical (unpaired) electrons. The lowest BCUT2D eigenvalue weighted by atomic mass is 10.1. The number of carbonyl (C=O) groups is 1. The van der Waals surface area contributed by atoms with Crippen LogP contribution in [-0.2, 0) is 4.74 Å². The summed E-state index contributed by atoms with van der Waals surface area (Å²) in [5.74, 6) is 0.996. The van der Waals surface area contributed by atoms with E-state index in [9.17, 15) is 4.79 Å². The minimum absolute atomic E-state index is 0.305. The maximum atomic E-state index is 11.6. The number of nitrogens with zero attached hydrogens (tertiary/aromatic N) is 2. The highest BCUT2D eigenvalue weighted by atomic mass is 16.5. The minimum atomic E-state index is -0.305. The van der Waals surface area contributed by atoms with Crippen molar-refractivity contribution in [2.45, 2.75) is 37.5 Å². The summed E-state index contributed by atoms with van der Waals surface area (Å²) in [6, 6.07) is 12.0. The van der Waals surface area contributed by atoms with Gasteiger partial charge in [0.1, 0.15) is 0 Å². The lowest BCUT2D eigenvalue weighted by molar-refractivity contribution is 0.0601. The van der Waals surface area contributed by atoms with E-state index in [1.54, 1.807) is 0 Å². The number of anilines is 2. The number of aromatic nitrogens is 1.